The smallest absolute Gasteiger partial charge is 0.338 e. The molecule has 3 aromatic carbocycles. The summed E-state index contributed by atoms with van der Waals surface area (Å²) in [5, 5.41) is 10.6. The highest BCUT2D eigenvalue weighted by atomic mass is 32.1. The van der Waals surface area contributed by atoms with Gasteiger partial charge in [0.25, 0.3) is 5.56 Å². The summed E-state index contributed by atoms with van der Waals surface area (Å²) < 4.78 is 9.66. The quantitative estimate of drug-likeness (QED) is 0.252. The molecule has 6 rings (SSSR count). The van der Waals surface area contributed by atoms with Crippen molar-refractivity contribution >= 4 is 40.0 Å². The number of ether oxygens (including phenoxy) is 1. The average molecular weight is 602 g/mol. The Kier molecular flexibility index (Phi) is 7.77. The van der Waals surface area contributed by atoms with Crippen molar-refractivity contribution in [1.29, 1.82) is 5.26 Å². The number of aromatic nitrogens is 2. The number of nitriles is 1. The first kappa shape index (κ1) is 28.9. The summed E-state index contributed by atoms with van der Waals surface area (Å²) in [6.07, 6.45) is 3.91. The Morgan fingerprint density at radius 1 is 1.09 bits per heavy atom. The van der Waals surface area contributed by atoms with Gasteiger partial charge in [0.15, 0.2) is 4.80 Å². The maximum Gasteiger partial charge on any atom is 0.338 e. The highest BCUT2D eigenvalue weighted by Gasteiger charge is 2.33. The van der Waals surface area contributed by atoms with Gasteiger partial charge in [-0.3, -0.25) is 9.36 Å². The van der Waals surface area contributed by atoms with Crippen LogP contribution in [0, 0.1) is 11.3 Å². The minimum absolute atomic E-state index is 0.217. The number of para-hydroxylation sites is 1. The second-order valence-corrected chi connectivity index (χ2v) is 11.8. The molecule has 0 unspecified atom stereocenters. The predicted octanol–water partition coefficient (Wildman–Crippen LogP) is 4.74. The summed E-state index contributed by atoms with van der Waals surface area (Å²) in [5.41, 5.74) is 5.91. The van der Waals surface area contributed by atoms with Crippen LogP contribution in [0.4, 0.5) is 5.69 Å². The lowest BCUT2D eigenvalue weighted by Gasteiger charge is -2.25. The molecule has 8 nitrogen and oxygen atoms in total. The Morgan fingerprint density at radius 2 is 1.82 bits per heavy atom. The van der Waals surface area contributed by atoms with Crippen LogP contribution in [0.2, 0.25) is 0 Å². The lowest BCUT2D eigenvalue weighted by Crippen LogP contribution is -2.39. The molecule has 1 aliphatic rings. The first-order chi connectivity index (χ1) is 21.3. The molecule has 44 heavy (non-hydrogen) atoms. The van der Waals surface area contributed by atoms with Crippen LogP contribution in [-0.4, -0.2) is 35.8 Å². The number of hydrogen-bond acceptors (Lipinski definition) is 7. The third kappa shape index (κ3) is 5.14. The fourth-order valence-electron chi connectivity index (χ4n) is 5.67. The number of benzene rings is 3. The molecular weight excluding hydrogens is 570 g/mol. The highest BCUT2D eigenvalue weighted by molar-refractivity contribution is 7.07. The van der Waals surface area contributed by atoms with Crippen LogP contribution >= 0.6 is 11.3 Å². The number of anilines is 1. The lowest BCUT2D eigenvalue weighted by atomic mass is 9.95. The van der Waals surface area contributed by atoms with Gasteiger partial charge in [0.2, 0.25) is 0 Å². The van der Waals surface area contributed by atoms with Crippen LogP contribution in [0.15, 0.2) is 100 Å². The SMILES string of the molecule is CCOC(=O)C1=C(C)N=c2sc(=Cc3cn(Cc4ccccc4C#N)c4ccccc34)c(=O)n2[C@@H]1c1ccc(N(C)C)cc1. The molecule has 0 fully saturated rings. The number of carbonyl (C=O) groups excluding carboxylic acids is 1. The van der Waals surface area contributed by atoms with Crippen LogP contribution in [0.25, 0.3) is 17.0 Å². The van der Waals surface area contributed by atoms with E-state index in [1.807, 2.05) is 104 Å². The topological polar surface area (TPSA) is 92.6 Å². The first-order valence-corrected chi connectivity index (χ1v) is 15.1. The molecule has 0 spiro atoms. The van der Waals surface area contributed by atoms with E-state index < -0.39 is 12.0 Å². The number of rotatable bonds is 7. The molecule has 1 atom stereocenters. The summed E-state index contributed by atoms with van der Waals surface area (Å²) in [4.78, 5) is 34.7. The zero-order valence-electron chi connectivity index (χ0n) is 24.9. The number of thiazole rings is 1. The fourth-order valence-corrected chi connectivity index (χ4v) is 6.71. The Labute approximate surface area is 258 Å². The number of carbonyl (C=O) groups is 1. The van der Waals surface area contributed by atoms with Gasteiger partial charge in [-0.15, -0.1) is 0 Å². The van der Waals surface area contributed by atoms with E-state index in [1.165, 1.54) is 11.3 Å². The van der Waals surface area contributed by atoms with Gasteiger partial charge in [-0.25, -0.2) is 9.79 Å². The molecule has 0 saturated carbocycles. The van der Waals surface area contributed by atoms with Gasteiger partial charge in [-0.2, -0.15) is 5.26 Å². The Hall–Kier alpha value is -5.20. The molecule has 1 aliphatic heterocycles. The molecule has 0 bridgehead atoms. The van der Waals surface area contributed by atoms with Crippen LogP contribution in [0.3, 0.4) is 0 Å². The van der Waals surface area contributed by atoms with Gasteiger partial charge in [0, 0.05) is 49.0 Å². The van der Waals surface area contributed by atoms with E-state index >= 15 is 0 Å². The number of hydrogen-bond donors (Lipinski definition) is 0. The van der Waals surface area contributed by atoms with Crippen molar-refractivity contribution in [3.8, 4) is 6.07 Å². The van der Waals surface area contributed by atoms with Gasteiger partial charge < -0.3 is 14.2 Å². The summed E-state index contributed by atoms with van der Waals surface area (Å²) in [6, 6.07) is 25.0. The van der Waals surface area contributed by atoms with Crippen molar-refractivity contribution in [1.82, 2.24) is 9.13 Å². The second kappa shape index (κ2) is 11.8. The van der Waals surface area contributed by atoms with Gasteiger partial charge in [-0.05, 0) is 55.3 Å². The van der Waals surface area contributed by atoms with Gasteiger partial charge >= 0.3 is 5.97 Å². The van der Waals surface area contributed by atoms with Crippen LogP contribution in [0.1, 0.15) is 42.1 Å². The average Bonchev–Trinajstić information content (AvgIpc) is 3.52. The zero-order chi connectivity index (χ0) is 31.0. The van der Waals surface area contributed by atoms with Gasteiger partial charge in [-0.1, -0.05) is 59.9 Å². The molecule has 220 valence electrons. The van der Waals surface area contributed by atoms with Crippen molar-refractivity contribution in [3.05, 3.63) is 132 Å². The maximum absolute atomic E-state index is 14.2. The monoisotopic (exact) mass is 601 g/mol. The molecule has 5 aromatic rings. The van der Waals surface area contributed by atoms with Gasteiger partial charge in [0.05, 0.1) is 40.1 Å². The van der Waals surface area contributed by atoms with E-state index in [-0.39, 0.29) is 12.2 Å². The molecule has 0 radical (unpaired) electrons. The summed E-state index contributed by atoms with van der Waals surface area (Å²) >= 11 is 1.30. The zero-order valence-corrected chi connectivity index (χ0v) is 25.8. The van der Waals surface area contributed by atoms with Crippen molar-refractivity contribution < 1.29 is 9.53 Å². The summed E-state index contributed by atoms with van der Waals surface area (Å²) in [7, 11) is 3.93. The van der Waals surface area contributed by atoms with Crippen LogP contribution in [-0.2, 0) is 16.1 Å². The molecule has 0 aliphatic carbocycles. The van der Waals surface area contributed by atoms with E-state index in [4.69, 9.17) is 9.73 Å². The van der Waals surface area contributed by atoms with E-state index in [9.17, 15) is 14.9 Å². The van der Waals surface area contributed by atoms with E-state index in [0.717, 1.165) is 33.3 Å². The number of esters is 1. The number of nitrogens with zero attached hydrogens (tertiary/aromatic N) is 5. The Balaban J connectivity index is 1.51. The number of fused-ring (bicyclic) bond motifs is 2. The third-order valence-corrected chi connectivity index (χ3v) is 8.81. The molecule has 0 saturated heterocycles. The van der Waals surface area contributed by atoms with E-state index in [0.29, 0.717) is 32.7 Å². The molecule has 2 aromatic heterocycles. The van der Waals surface area contributed by atoms with Crippen LogP contribution < -0.4 is 19.8 Å². The molecule has 9 heteroatoms. The van der Waals surface area contributed by atoms with Crippen molar-refractivity contribution in [2.24, 2.45) is 4.99 Å². The number of allylic oxidation sites excluding steroid dienone is 1. The minimum Gasteiger partial charge on any atom is -0.463 e. The normalized spacial score (nSPS) is 14.7. The molecule has 3 heterocycles. The molecule has 0 N–H and O–H groups in total. The van der Waals surface area contributed by atoms with Gasteiger partial charge in [0.1, 0.15) is 0 Å². The predicted molar refractivity (Wildman–Crippen MR) is 173 cm³/mol. The maximum atomic E-state index is 14.2. The summed E-state index contributed by atoms with van der Waals surface area (Å²) in [5.74, 6) is -0.481. The standard InChI is InChI=1S/C35H31N5O3S/c1-5-43-34(42)31-22(2)37-35-40(32(31)23-14-16-27(17-15-23)38(3)4)33(41)30(44-35)18-26-21-39(29-13-9-8-12-28(26)29)20-25-11-7-6-10-24(25)19-36/h6-18,21,32H,5,20H2,1-4H3/t32-/m1/s1. The minimum atomic E-state index is -0.674. The first-order valence-electron chi connectivity index (χ1n) is 14.3. The van der Waals surface area contributed by atoms with Crippen molar-refractivity contribution in [3.63, 3.8) is 0 Å². The fraction of sp³-hybridized carbons (Fsp3) is 0.200. The Bertz CT molecular complexity index is 2160. The Morgan fingerprint density at radius 3 is 2.55 bits per heavy atom. The van der Waals surface area contributed by atoms with E-state index in [1.54, 1.807) is 18.4 Å². The second-order valence-electron chi connectivity index (χ2n) is 10.8. The largest absolute Gasteiger partial charge is 0.463 e. The highest BCUT2D eigenvalue weighted by Crippen LogP contribution is 2.32. The molecular formula is C35H31N5O3S. The van der Waals surface area contributed by atoms with Crippen molar-refractivity contribution in [2.45, 2.75) is 26.4 Å². The lowest BCUT2D eigenvalue weighted by molar-refractivity contribution is -0.139. The van der Waals surface area contributed by atoms with Crippen LogP contribution in [0.5, 0.6) is 0 Å². The third-order valence-electron chi connectivity index (χ3n) is 7.83. The molecule has 0 amide bonds. The summed E-state index contributed by atoms with van der Waals surface area (Å²) in [6.45, 7) is 4.29. The van der Waals surface area contributed by atoms with E-state index in [2.05, 4.69) is 10.6 Å². The van der Waals surface area contributed by atoms with Crippen molar-refractivity contribution in [2.75, 3.05) is 25.6 Å².